The molecule has 1 aromatic rings. The topological polar surface area (TPSA) is 73.9 Å². The Labute approximate surface area is 143 Å². The summed E-state index contributed by atoms with van der Waals surface area (Å²) in [6.07, 6.45) is -4.91. The predicted molar refractivity (Wildman–Crippen MR) is 82.1 cm³/mol. The molecule has 0 saturated carbocycles. The lowest BCUT2D eigenvalue weighted by atomic mass is 10.1. The molecule has 1 unspecified atom stereocenters. The van der Waals surface area contributed by atoms with Crippen molar-refractivity contribution in [3.05, 3.63) is 29.8 Å². The Morgan fingerprint density at radius 2 is 1.84 bits per heavy atom. The Hall–Kier alpha value is -2.29. The summed E-state index contributed by atoms with van der Waals surface area (Å²) in [5.41, 5.74) is -0.349. The first-order valence-corrected chi connectivity index (χ1v) is 7.49. The zero-order chi connectivity index (χ0) is 19.0. The number of hydrogen-bond acceptors (Lipinski definition) is 5. The Morgan fingerprint density at radius 3 is 2.40 bits per heavy atom. The lowest BCUT2D eigenvalue weighted by Gasteiger charge is -2.18. The third-order valence-electron chi connectivity index (χ3n) is 3.01. The molecular weight excluding hydrogens is 343 g/mol. The van der Waals surface area contributed by atoms with Gasteiger partial charge in [0.1, 0.15) is 11.8 Å². The van der Waals surface area contributed by atoms with Gasteiger partial charge < -0.3 is 19.5 Å². The van der Waals surface area contributed by atoms with Crippen molar-refractivity contribution in [2.45, 2.75) is 38.8 Å². The number of hydrogen-bond donors (Lipinski definition) is 1. The van der Waals surface area contributed by atoms with Gasteiger partial charge in [0.15, 0.2) is 0 Å². The normalized spacial score (nSPS) is 12.6. The molecule has 1 N–H and O–H groups in total. The van der Waals surface area contributed by atoms with Crippen molar-refractivity contribution >= 4 is 11.9 Å². The average molecular weight is 363 g/mol. The number of alkyl halides is 3. The van der Waals surface area contributed by atoms with Crippen molar-refractivity contribution in [2.24, 2.45) is 0 Å². The highest BCUT2D eigenvalue weighted by molar-refractivity contribution is 5.99. The fourth-order valence-electron chi connectivity index (χ4n) is 1.92. The molecule has 0 heterocycles. The number of esters is 1. The smallest absolute Gasteiger partial charge is 0.467 e. The maximum atomic E-state index is 12.4. The number of amides is 1. The fourth-order valence-corrected chi connectivity index (χ4v) is 1.92. The second kappa shape index (κ2) is 9.26. The number of nitrogens with one attached hydrogen (secondary N) is 1. The van der Waals surface area contributed by atoms with E-state index in [2.05, 4.69) is 14.8 Å². The largest absolute Gasteiger partial charge is 0.573 e. The zero-order valence-corrected chi connectivity index (χ0v) is 14.1. The minimum absolute atomic E-state index is 0.0742. The summed E-state index contributed by atoms with van der Waals surface area (Å²) >= 11 is 0. The molecule has 1 rings (SSSR count). The summed E-state index contributed by atoms with van der Waals surface area (Å²) in [7, 11) is 1.14. The van der Waals surface area contributed by atoms with Crippen LogP contribution in [0.25, 0.3) is 0 Å². The molecule has 0 spiro atoms. The minimum Gasteiger partial charge on any atom is -0.467 e. The Kier molecular flexibility index (Phi) is 7.69. The van der Waals surface area contributed by atoms with Crippen LogP contribution in [0.3, 0.4) is 0 Å². The van der Waals surface area contributed by atoms with Crippen LogP contribution in [0.4, 0.5) is 13.2 Å². The number of methoxy groups -OCH3 is 1. The number of ether oxygens (including phenoxy) is 3. The van der Waals surface area contributed by atoms with Gasteiger partial charge in [0.25, 0.3) is 5.91 Å². The molecule has 0 aromatic heterocycles. The minimum atomic E-state index is -4.94. The first-order chi connectivity index (χ1) is 11.6. The number of para-hydroxylation sites is 1. The molecule has 1 aromatic carbocycles. The van der Waals surface area contributed by atoms with Gasteiger partial charge in [0.05, 0.1) is 18.8 Å². The number of halogens is 3. The van der Waals surface area contributed by atoms with E-state index in [0.29, 0.717) is 0 Å². The third kappa shape index (κ3) is 7.42. The molecule has 1 amide bonds. The van der Waals surface area contributed by atoms with Crippen LogP contribution in [0.1, 0.15) is 30.6 Å². The molecular formula is C16H20F3NO5. The predicted octanol–water partition coefficient (Wildman–Crippen LogP) is 2.67. The maximum absolute atomic E-state index is 12.4. The van der Waals surface area contributed by atoms with Crippen molar-refractivity contribution in [3.63, 3.8) is 0 Å². The molecule has 140 valence electrons. The number of benzene rings is 1. The molecule has 0 aliphatic heterocycles. The van der Waals surface area contributed by atoms with Crippen molar-refractivity contribution in [1.82, 2.24) is 5.32 Å². The summed E-state index contributed by atoms with van der Waals surface area (Å²) in [6, 6.07) is 3.79. The number of carbonyl (C=O) groups is 2. The van der Waals surface area contributed by atoms with E-state index >= 15 is 0 Å². The van der Waals surface area contributed by atoms with Crippen molar-refractivity contribution in [1.29, 1.82) is 0 Å². The Bertz CT molecular complexity index is 589. The van der Waals surface area contributed by atoms with Crippen LogP contribution < -0.4 is 10.1 Å². The van der Waals surface area contributed by atoms with E-state index in [-0.39, 0.29) is 24.7 Å². The molecule has 0 fully saturated rings. The van der Waals surface area contributed by atoms with E-state index < -0.39 is 30.0 Å². The molecule has 1 atom stereocenters. The number of carbonyl (C=O) groups excluding carboxylic acids is 2. The van der Waals surface area contributed by atoms with Crippen LogP contribution in [-0.2, 0) is 14.3 Å². The van der Waals surface area contributed by atoms with Gasteiger partial charge in [-0.05, 0) is 26.0 Å². The van der Waals surface area contributed by atoms with E-state index in [1.165, 1.54) is 12.1 Å². The Morgan fingerprint density at radius 1 is 1.20 bits per heavy atom. The first kappa shape index (κ1) is 20.8. The quantitative estimate of drug-likeness (QED) is 0.719. The summed E-state index contributed by atoms with van der Waals surface area (Å²) in [6.45, 7) is 3.77. The van der Waals surface area contributed by atoms with Crippen LogP contribution in [0.5, 0.6) is 5.75 Å². The lowest BCUT2D eigenvalue weighted by Crippen LogP contribution is -2.42. The van der Waals surface area contributed by atoms with Crippen LogP contribution in [0, 0.1) is 0 Å². The van der Waals surface area contributed by atoms with Gasteiger partial charge in [0, 0.05) is 13.0 Å². The highest BCUT2D eigenvalue weighted by atomic mass is 19.4. The van der Waals surface area contributed by atoms with Gasteiger partial charge in [-0.3, -0.25) is 4.79 Å². The van der Waals surface area contributed by atoms with Gasteiger partial charge in [-0.15, -0.1) is 13.2 Å². The maximum Gasteiger partial charge on any atom is 0.573 e. The standard InChI is InChI=1S/C16H20F3NO5/c1-10(2)24-9-8-12(15(22)23-3)20-14(21)11-6-4-5-7-13(11)25-16(17,18)19/h4-7,10,12H,8-9H2,1-3H3,(H,20,21). The number of rotatable bonds is 8. The van der Waals surface area contributed by atoms with Gasteiger partial charge in [0.2, 0.25) is 0 Å². The third-order valence-corrected chi connectivity index (χ3v) is 3.01. The highest BCUT2D eigenvalue weighted by Gasteiger charge is 2.33. The van der Waals surface area contributed by atoms with Crippen LogP contribution in [0.2, 0.25) is 0 Å². The van der Waals surface area contributed by atoms with Crippen molar-refractivity contribution in [3.8, 4) is 5.75 Å². The summed E-state index contributed by atoms with van der Waals surface area (Å²) in [5.74, 6) is -2.27. The fraction of sp³-hybridized carbons (Fsp3) is 0.500. The van der Waals surface area contributed by atoms with Crippen molar-refractivity contribution in [2.75, 3.05) is 13.7 Å². The average Bonchev–Trinajstić information content (AvgIpc) is 2.51. The second-order valence-electron chi connectivity index (χ2n) is 5.30. The summed E-state index contributed by atoms with van der Waals surface area (Å²) in [5, 5.41) is 2.34. The second-order valence-corrected chi connectivity index (χ2v) is 5.30. The molecule has 0 bridgehead atoms. The van der Waals surface area contributed by atoms with E-state index in [1.807, 2.05) is 0 Å². The van der Waals surface area contributed by atoms with E-state index in [4.69, 9.17) is 4.74 Å². The summed E-state index contributed by atoms with van der Waals surface area (Å²) < 4.78 is 51.0. The molecule has 0 saturated heterocycles. The van der Waals surface area contributed by atoms with Gasteiger partial charge in [-0.1, -0.05) is 12.1 Å². The van der Waals surface area contributed by atoms with Crippen LogP contribution in [-0.4, -0.2) is 44.1 Å². The SMILES string of the molecule is COC(=O)C(CCOC(C)C)NC(=O)c1ccccc1OC(F)(F)F. The molecule has 0 radical (unpaired) electrons. The van der Waals surface area contributed by atoms with Crippen LogP contribution >= 0.6 is 0 Å². The van der Waals surface area contributed by atoms with E-state index in [9.17, 15) is 22.8 Å². The molecule has 9 heteroatoms. The van der Waals surface area contributed by atoms with Crippen molar-refractivity contribution < 1.29 is 37.0 Å². The zero-order valence-electron chi connectivity index (χ0n) is 14.1. The van der Waals surface area contributed by atoms with E-state index in [0.717, 1.165) is 19.2 Å². The molecule has 6 nitrogen and oxygen atoms in total. The van der Waals surface area contributed by atoms with Gasteiger partial charge in [-0.2, -0.15) is 0 Å². The lowest BCUT2D eigenvalue weighted by molar-refractivity contribution is -0.274. The monoisotopic (exact) mass is 363 g/mol. The summed E-state index contributed by atoms with van der Waals surface area (Å²) in [4.78, 5) is 24.0. The van der Waals surface area contributed by atoms with Crippen LogP contribution in [0.15, 0.2) is 24.3 Å². The molecule has 0 aliphatic carbocycles. The molecule has 0 aliphatic rings. The van der Waals surface area contributed by atoms with Gasteiger partial charge in [-0.25, -0.2) is 4.79 Å². The van der Waals surface area contributed by atoms with Gasteiger partial charge >= 0.3 is 12.3 Å². The first-order valence-electron chi connectivity index (χ1n) is 7.49. The molecule has 25 heavy (non-hydrogen) atoms. The van der Waals surface area contributed by atoms with E-state index in [1.54, 1.807) is 13.8 Å². The highest BCUT2D eigenvalue weighted by Crippen LogP contribution is 2.26. The Balaban J connectivity index is 2.87.